The van der Waals surface area contributed by atoms with Crippen LogP contribution < -0.4 is 4.90 Å². The second-order valence-corrected chi connectivity index (χ2v) is 4.26. The zero-order chi connectivity index (χ0) is 11.3. The van der Waals surface area contributed by atoms with Gasteiger partial charge < -0.3 is 9.64 Å². The maximum atomic E-state index is 6.18. The highest BCUT2D eigenvalue weighted by Gasteiger charge is 2.10. The number of halogens is 2. The van der Waals surface area contributed by atoms with E-state index in [4.69, 9.17) is 16.3 Å². The van der Waals surface area contributed by atoms with Crippen LogP contribution in [0.15, 0.2) is 18.2 Å². The maximum absolute atomic E-state index is 6.18. The first-order valence-electron chi connectivity index (χ1n) is 4.74. The summed E-state index contributed by atoms with van der Waals surface area (Å²) in [6.45, 7) is 1.53. The zero-order valence-corrected chi connectivity index (χ0v) is 11.3. The van der Waals surface area contributed by atoms with Crippen LogP contribution in [0.5, 0.6) is 0 Å². The Balaban J connectivity index is 2.90. The third-order valence-electron chi connectivity index (χ3n) is 2.23. The Hall–Kier alpha value is -0.250. The lowest BCUT2D eigenvalue weighted by Crippen LogP contribution is -2.23. The van der Waals surface area contributed by atoms with Crippen molar-refractivity contribution in [2.75, 3.05) is 32.2 Å². The largest absolute Gasteiger partial charge is 0.383 e. The number of alkyl halides is 1. The molecule has 2 nitrogen and oxygen atoms in total. The Morgan fingerprint density at radius 3 is 2.80 bits per heavy atom. The molecule has 15 heavy (non-hydrogen) atoms. The molecule has 0 fully saturated rings. The van der Waals surface area contributed by atoms with Crippen molar-refractivity contribution in [3.8, 4) is 0 Å². The highest BCUT2D eigenvalue weighted by atomic mass is 79.9. The fourth-order valence-corrected chi connectivity index (χ4v) is 2.23. The van der Waals surface area contributed by atoms with Crippen LogP contribution in [0.2, 0.25) is 5.02 Å². The van der Waals surface area contributed by atoms with Crippen LogP contribution in [0, 0.1) is 0 Å². The summed E-state index contributed by atoms with van der Waals surface area (Å²) in [5.41, 5.74) is 2.27. The van der Waals surface area contributed by atoms with Gasteiger partial charge in [0.1, 0.15) is 0 Å². The number of likely N-dealkylation sites (N-methyl/N-ethyl adjacent to an activating group) is 1. The minimum absolute atomic E-state index is 0.698. The Morgan fingerprint density at radius 2 is 2.20 bits per heavy atom. The minimum Gasteiger partial charge on any atom is -0.383 e. The summed E-state index contributed by atoms with van der Waals surface area (Å²) in [5.74, 6) is 0. The summed E-state index contributed by atoms with van der Waals surface area (Å²) >= 11 is 9.64. The van der Waals surface area contributed by atoms with Crippen molar-refractivity contribution in [2.45, 2.75) is 5.33 Å². The predicted octanol–water partition coefficient (Wildman–Crippen LogP) is 3.32. The second kappa shape index (κ2) is 6.36. The van der Waals surface area contributed by atoms with Crippen LogP contribution in [0.3, 0.4) is 0 Å². The topological polar surface area (TPSA) is 12.5 Å². The fraction of sp³-hybridized carbons (Fsp3) is 0.455. The van der Waals surface area contributed by atoms with E-state index in [9.17, 15) is 0 Å². The van der Waals surface area contributed by atoms with Gasteiger partial charge in [-0.15, -0.1) is 0 Å². The molecule has 0 atom stereocenters. The van der Waals surface area contributed by atoms with Gasteiger partial charge in [0, 0.05) is 26.0 Å². The Bertz CT molecular complexity index is 319. The lowest BCUT2D eigenvalue weighted by atomic mass is 10.2. The molecule has 0 spiro atoms. The van der Waals surface area contributed by atoms with Gasteiger partial charge in [-0.3, -0.25) is 0 Å². The maximum Gasteiger partial charge on any atom is 0.0642 e. The first-order valence-corrected chi connectivity index (χ1v) is 6.24. The summed E-state index contributed by atoms with van der Waals surface area (Å²) in [5, 5.41) is 1.59. The van der Waals surface area contributed by atoms with Crippen molar-refractivity contribution in [1.29, 1.82) is 0 Å². The SMILES string of the molecule is COCCN(C)c1c(Cl)cccc1CBr. The molecule has 0 saturated carbocycles. The van der Waals surface area contributed by atoms with Gasteiger partial charge in [-0.1, -0.05) is 39.7 Å². The van der Waals surface area contributed by atoms with Crippen LogP contribution in [-0.2, 0) is 10.1 Å². The first kappa shape index (κ1) is 12.8. The number of ether oxygens (including phenoxy) is 1. The van der Waals surface area contributed by atoms with Crippen LogP contribution in [0.25, 0.3) is 0 Å². The smallest absolute Gasteiger partial charge is 0.0642 e. The molecule has 0 aliphatic rings. The van der Waals surface area contributed by atoms with E-state index in [1.54, 1.807) is 7.11 Å². The number of nitrogens with zero attached hydrogens (tertiary/aromatic N) is 1. The standard InChI is InChI=1S/C11H15BrClNO/c1-14(6-7-15-2)11-9(8-12)4-3-5-10(11)13/h3-5H,6-8H2,1-2H3. The Morgan fingerprint density at radius 1 is 1.47 bits per heavy atom. The number of rotatable bonds is 5. The molecule has 0 amide bonds. The van der Waals surface area contributed by atoms with Gasteiger partial charge >= 0.3 is 0 Å². The number of para-hydroxylation sites is 1. The van der Waals surface area contributed by atoms with Crippen LogP contribution in [0.4, 0.5) is 5.69 Å². The molecule has 0 N–H and O–H groups in total. The number of methoxy groups -OCH3 is 1. The molecule has 1 aromatic rings. The average Bonchev–Trinajstić information content (AvgIpc) is 2.25. The lowest BCUT2D eigenvalue weighted by molar-refractivity contribution is 0.206. The summed E-state index contributed by atoms with van der Waals surface area (Å²) in [4.78, 5) is 2.11. The Labute approximate surface area is 104 Å². The van der Waals surface area contributed by atoms with E-state index in [1.165, 1.54) is 5.56 Å². The molecule has 0 aromatic heterocycles. The van der Waals surface area contributed by atoms with E-state index >= 15 is 0 Å². The van der Waals surface area contributed by atoms with E-state index < -0.39 is 0 Å². The number of benzene rings is 1. The molecule has 84 valence electrons. The van der Waals surface area contributed by atoms with Gasteiger partial charge in [-0.2, -0.15) is 0 Å². The lowest BCUT2D eigenvalue weighted by Gasteiger charge is -2.22. The van der Waals surface area contributed by atoms with Gasteiger partial charge in [0.15, 0.2) is 0 Å². The van der Waals surface area contributed by atoms with Crippen molar-refractivity contribution in [1.82, 2.24) is 0 Å². The van der Waals surface area contributed by atoms with Crippen LogP contribution >= 0.6 is 27.5 Å². The molecule has 4 heteroatoms. The highest BCUT2D eigenvalue weighted by Crippen LogP contribution is 2.30. The van der Waals surface area contributed by atoms with E-state index in [0.29, 0.717) is 6.61 Å². The quantitative estimate of drug-likeness (QED) is 0.772. The van der Waals surface area contributed by atoms with Gasteiger partial charge in [0.25, 0.3) is 0 Å². The van der Waals surface area contributed by atoms with E-state index in [0.717, 1.165) is 22.6 Å². The van der Waals surface area contributed by atoms with Crippen molar-refractivity contribution in [3.05, 3.63) is 28.8 Å². The van der Waals surface area contributed by atoms with E-state index in [-0.39, 0.29) is 0 Å². The minimum atomic E-state index is 0.698. The summed E-state index contributed by atoms with van der Waals surface area (Å²) in [6, 6.07) is 5.94. The fourth-order valence-electron chi connectivity index (χ4n) is 1.44. The van der Waals surface area contributed by atoms with Crippen LogP contribution in [-0.4, -0.2) is 27.3 Å². The summed E-state index contributed by atoms with van der Waals surface area (Å²) in [6.07, 6.45) is 0. The predicted molar refractivity (Wildman–Crippen MR) is 69.2 cm³/mol. The first-order chi connectivity index (χ1) is 7.20. The molecule has 0 heterocycles. The molecular weight excluding hydrogens is 277 g/mol. The zero-order valence-electron chi connectivity index (χ0n) is 8.96. The Kier molecular flexibility index (Phi) is 5.43. The number of hydrogen-bond donors (Lipinski definition) is 0. The third kappa shape index (κ3) is 3.37. The average molecular weight is 293 g/mol. The van der Waals surface area contributed by atoms with Gasteiger partial charge in [-0.05, 0) is 11.6 Å². The van der Waals surface area contributed by atoms with Crippen molar-refractivity contribution < 1.29 is 4.74 Å². The van der Waals surface area contributed by atoms with Crippen molar-refractivity contribution in [2.24, 2.45) is 0 Å². The van der Waals surface area contributed by atoms with E-state index in [2.05, 4.69) is 26.9 Å². The van der Waals surface area contributed by atoms with Crippen molar-refractivity contribution in [3.63, 3.8) is 0 Å². The molecule has 0 radical (unpaired) electrons. The monoisotopic (exact) mass is 291 g/mol. The molecule has 0 aliphatic carbocycles. The normalized spacial score (nSPS) is 10.4. The summed E-state index contributed by atoms with van der Waals surface area (Å²) < 4.78 is 5.05. The van der Waals surface area contributed by atoms with Gasteiger partial charge in [0.05, 0.1) is 17.3 Å². The molecule has 0 saturated heterocycles. The van der Waals surface area contributed by atoms with Crippen LogP contribution in [0.1, 0.15) is 5.56 Å². The molecule has 1 rings (SSSR count). The van der Waals surface area contributed by atoms with Gasteiger partial charge in [-0.25, -0.2) is 0 Å². The molecule has 0 bridgehead atoms. The molecule has 1 aromatic carbocycles. The van der Waals surface area contributed by atoms with Crippen molar-refractivity contribution >= 4 is 33.2 Å². The van der Waals surface area contributed by atoms with Gasteiger partial charge in [0.2, 0.25) is 0 Å². The summed E-state index contributed by atoms with van der Waals surface area (Å²) in [7, 11) is 3.72. The number of anilines is 1. The third-order valence-corrected chi connectivity index (χ3v) is 3.14. The molecule has 0 unspecified atom stereocenters. The number of hydrogen-bond acceptors (Lipinski definition) is 2. The van der Waals surface area contributed by atoms with E-state index in [1.807, 2.05) is 19.2 Å². The molecular formula is C11H15BrClNO. The second-order valence-electron chi connectivity index (χ2n) is 3.30. The highest BCUT2D eigenvalue weighted by molar-refractivity contribution is 9.08. The molecule has 0 aliphatic heterocycles.